The molecule has 1 aromatic carbocycles. The van der Waals surface area contributed by atoms with Crippen LogP contribution in [0.15, 0.2) is 24.3 Å². The van der Waals surface area contributed by atoms with Crippen molar-refractivity contribution < 1.29 is 19.7 Å². The van der Waals surface area contributed by atoms with Gasteiger partial charge in [-0.25, -0.2) is 0 Å². The minimum atomic E-state index is -0.304. The van der Waals surface area contributed by atoms with Crippen LogP contribution in [0.3, 0.4) is 0 Å². The summed E-state index contributed by atoms with van der Waals surface area (Å²) in [6, 6.07) is 6.88. The van der Waals surface area contributed by atoms with Gasteiger partial charge < -0.3 is 25.6 Å². The summed E-state index contributed by atoms with van der Waals surface area (Å²) < 4.78 is 5.29. The van der Waals surface area contributed by atoms with E-state index in [0.717, 1.165) is 0 Å². The van der Waals surface area contributed by atoms with Gasteiger partial charge in [0.15, 0.2) is 6.61 Å². The lowest BCUT2D eigenvalue weighted by Crippen LogP contribution is -2.38. The van der Waals surface area contributed by atoms with Crippen molar-refractivity contribution in [3.63, 3.8) is 0 Å². The fraction of sp³-hybridized carbons (Fsp3) is 0.417. The van der Waals surface area contributed by atoms with Gasteiger partial charge in [0.2, 0.25) is 0 Å². The summed E-state index contributed by atoms with van der Waals surface area (Å²) in [5.74, 6) is 0.139. The van der Waals surface area contributed by atoms with E-state index in [1.165, 1.54) is 4.90 Å². The smallest absolute Gasteiger partial charge is 0.260 e. The third-order valence-corrected chi connectivity index (χ3v) is 2.36. The largest absolute Gasteiger partial charge is 0.482 e. The molecule has 1 rings (SSSR count). The van der Waals surface area contributed by atoms with Gasteiger partial charge >= 0.3 is 0 Å². The number of benzene rings is 1. The third-order valence-electron chi connectivity index (χ3n) is 2.36. The molecule has 0 radical (unpaired) electrons. The molecule has 0 fully saturated rings. The summed E-state index contributed by atoms with van der Waals surface area (Å²) in [4.78, 5) is 13.1. The van der Waals surface area contributed by atoms with Gasteiger partial charge in [-0.15, -0.1) is 0 Å². The van der Waals surface area contributed by atoms with Crippen molar-refractivity contribution in [1.29, 1.82) is 0 Å². The molecular weight excluding hydrogens is 236 g/mol. The minimum Gasteiger partial charge on any atom is -0.482 e. The first-order valence-electron chi connectivity index (χ1n) is 5.66. The Labute approximate surface area is 106 Å². The van der Waals surface area contributed by atoms with E-state index in [9.17, 15) is 4.79 Å². The second-order valence-electron chi connectivity index (χ2n) is 3.65. The Balaban J connectivity index is 2.51. The van der Waals surface area contributed by atoms with Crippen LogP contribution >= 0.6 is 0 Å². The van der Waals surface area contributed by atoms with E-state index in [0.29, 0.717) is 11.4 Å². The number of carbonyl (C=O) groups is 1. The number of hydrogen-bond donors (Lipinski definition) is 3. The fourth-order valence-corrected chi connectivity index (χ4v) is 1.45. The Hall–Kier alpha value is -1.79. The lowest BCUT2D eigenvalue weighted by molar-refractivity contribution is -0.134. The van der Waals surface area contributed by atoms with Crippen molar-refractivity contribution in [2.45, 2.75) is 0 Å². The number of nitrogen functional groups attached to an aromatic ring is 1. The molecule has 0 saturated carbocycles. The molecule has 6 nitrogen and oxygen atoms in total. The van der Waals surface area contributed by atoms with E-state index in [-0.39, 0.29) is 38.8 Å². The Morgan fingerprint density at radius 3 is 2.39 bits per heavy atom. The van der Waals surface area contributed by atoms with Crippen LogP contribution in [0.5, 0.6) is 5.75 Å². The molecule has 18 heavy (non-hydrogen) atoms. The highest BCUT2D eigenvalue weighted by molar-refractivity contribution is 5.78. The maximum atomic E-state index is 11.7. The molecular formula is C12H18N2O4. The molecule has 0 saturated heterocycles. The predicted octanol–water partition coefficient (Wildman–Crippen LogP) is -0.539. The normalized spacial score (nSPS) is 10.1. The van der Waals surface area contributed by atoms with E-state index in [1.54, 1.807) is 24.3 Å². The topological polar surface area (TPSA) is 96.0 Å². The molecule has 0 aromatic heterocycles. The van der Waals surface area contributed by atoms with Crippen molar-refractivity contribution in [1.82, 2.24) is 4.90 Å². The Kier molecular flexibility index (Phi) is 5.96. The number of amides is 1. The van der Waals surface area contributed by atoms with Crippen molar-refractivity contribution in [3.05, 3.63) is 24.3 Å². The molecule has 0 spiro atoms. The number of aliphatic hydroxyl groups excluding tert-OH is 2. The molecule has 0 unspecified atom stereocenters. The van der Waals surface area contributed by atoms with Crippen LogP contribution in [0.1, 0.15) is 0 Å². The van der Waals surface area contributed by atoms with Gasteiger partial charge in [-0.2, -0.15) is 0 Å². The lowest BCUT2D eigenvalue weighted by Gasteiger charge is -2.20. The average molecular weight is 254 g/mol. The highest BCUT2D eigenvalue weighted by atomic mass is 16.5. The fourth-order valence-electron chi connectivity index (χ4n) is 1.45. The molecule has 0 atom stereocenters. The molecule has 0 aliphatic heterocycles. The first-order valence-corrected chi connectivity index (χ1v) is 5.66. The number of rotatable bonds is 7. The number of ether oxygens (including phenoxy) is 1. The third kappa shape index (κ3) is 4.23. The second-order valence-corrected chi connectivity index (χ2v) is 3.65. The number of carbonyl (C=O) groups excluding carboxylic acids is 1. The van der Waals surface area contributed by atoms with Crippen molar-refractivity contribution in [2.75, 3.05) is 38.6 Å². The lowest BCUT2D eigenvalue weighted by atomic mass is 10.3. The van der Waals surface area contributed by atoms with Crippen LogP contribution < -0.4 is 10.5 Å². The van der Waals surface area contributed by atoms with E-state index in [4.69, 9.17) is 20.7 Å². The monoisotopic (exact) mass is 254 g/mol. The standard InChI is InChI=1S/C12H18N2O4/c13-10-3-1-2-4-11(10)18-9-12(17)14(5-7-15)6-8-16/h1-4,15-16H,5-9,13H2. The number of hydrogen-bond acceptors (Lipinski definition) is 5. The van der Waals surface area contributed by atoms with E-state index in [1.807, 2.05) is 0 Å². The molecule has 0 aliphatic carbocycles. The zero-order chi connectivity index (χ0) is 13.4. The number of para-hydroxylation sites is 2. The van der Waals surface area contributed by atoms with E-state index >= 15 is 0 Å². The van der Waals surface area contributed by atoms with Crippen LogP contribution in [-0.4, -0.2) is 53.9 Å². The number of nitrogens with zero attached hydrogens (tertiary/aromatic N) is 1. The second kappa shape index (κ2) is 7.52. The van der Waals surface area contributed by atoms with Gasteiger partial charge in [0.25, 0.3) is 5.91 Å². The quantitative estimate of drug-likeness (QED) is 0.568. The molecule has 6 heteroatoms. The highest BCUT2D eigenvalue weighted by Gasteiger charge is 2.13. The molecule has 0 aliphatic rings. The van der Waals surface area contributed by atoms with E-state index in [2.05, 4.69) is 0 Å². The van der Waals surface area contributed by atoms with E-state index < -0.39 is 0 Å². The summed E-state index contributed by atoms with van der Waals surface area (Å²) in [5, 5.41) is 17.6. The first kappa shape index (κ1) is 14.3. The summed E-state index contributed by atoms with van der Waals surface area (Å²) in [6.45, 7) is -0.132. The van der Waals surface area contributed by atoms with Crippen molar-refractivity contribution in [2.24, 2.45) is 0 Å². The number of aliphatic hydroxyl groups is 2. The van der Waals surface area contributed by atoms with Gasteiger partial charge in [-0.3, -0.25) is 4.79 Å². The Morgan fingerprint density at radius 1 is 1.22 bits per heavy atom. The van der Waals surface area contributed by atoms with Crippen LogP contribution in [0.4, 0.5) is 5.69 Å². The van der Waals surface area contributed by atoms with Crippen LogP contribution in [0.2, 0.25) is 0 Å². The Bertz CT molecular complexity index is 378. The maximum Gasteiger partial charge on any atom is 0.260 e. The number of nitrogens with two attached hydrogens (primary N) is 1. The molecule has 4 N–H and O–H groups in total. The van der Waals surface area contributed by atoms with Gasteiger partial charge in [0.05, 0.1) is 18.9 Å². The van der Waals surface area contributed by atoms with Crippen LogP contribution in [0.25, 0.3) is 0 Å². The van der Waals surface area contributed by atoms with Crippen LogP contribution in [0, 0.1) is 0 Å². The van der Waals surface area contributed by atoms with Gasteiger partial charge in [0.1, 0.15) is 5.75 Å². The molecule has 1 aromatic rings. The minimum absolute atomic E-state index is 0.154. The SMILES string of the molecule is Nc1ccccc1OCC(=O)N(CCO)CCO. The zero-order valence-corrected chi connectivity index (χ0v) is 10.1. The Morgan fingerprint density at radius 2 is 1.83 bits per heavy atom. The molecule has 100 valence electrons. The summed E-state index contributed by atoms with van der Waals surface area (Å²) >= 11 is 0. The average Bonchev–Trinajstić information content (AvgIpc) is 2.37. The van der Waals surface area contributed by atoms with Crippen molar-refractivity contribution in [3.8, 4) is 5.75 Å². The zero-order valence-electron chi connectivity index (χ0n) is 10.1. The van der Waals surface area contributed by atoms with Gasteiger partial charge in [0, 0.05) is 13.1 Å². The van der Waals surface area contributed by atoms with Gasteiger partial charge in [-0.1, -0.05) is 12.1 Å². The summed E-state index contributed by atoms with van der Waals surface area (Å²) in [6.07, 6.45) is 0. The number of anilines is 1. The van der Waals surface area contributed by atoms with Gasteiger partial charge in [-0.05, 0) is 12.1 Å². The maximum absolute atomic E-state index is 11.7. The molecule has 1 amide bonds. The molecule has 0 bridgehead atoms. The summed E-state index contributed by atoms with van der Waals surface area (Å²) in [5.41, 5.74) is 6.13. The summed E-state index contributed by atoms with van der Waals surface area (Å²) in [7, 11) is 0. The highest BCUT2D eigenvalue weighted by Crippen LogP contribution is 2.19. The van der Waals surface area contributed by atoms with Crippen molar-refractivity contribution >= 4 is 11.6 Å². The predicted molar refractivity (Wildman–Crippen MR) is 67.1 cm³/mol. The first-order chi connectivity index (χ1) is 8.69. The molecule has 0 heterocycles. The van der Waals surface area contributed by atoms with Crippen LogP contribution in [-0.2, 0) is 4.79 Å².